The maximum atomic E-state index is 11.8. The van der Waals surface area contributed by atoms with Crippen molar-refractivity contribution >= 4 is 28.8 Å². The van der Waals surface area contributed by atoms with Gasteiger partial charge in [0.05, 0.1) is 6.61 Å². The molecule has 18 heavy (non-hydrogen) atoms. The predicted molar refractivity (Wildman–Crippen MR) is 75.0 cm³/mol. The Balaban J connectivity index is 1.92. The molecule has 1 saturated carbocycles. The lowest BCUT2D eigenvalue weighted by Gasteiger charge is -2.09. The molecular formula is C13H16N2O2S. The summed E-state index contributed by atoms with van der Waals surface area (Å²) in [6.45, 7) is 2.51. The van der Waals surface area contributed by atoms with Crippen molar-refractivity contribution in [1.29, 1.82) is 0 Å². The number of thiocarbonyl (C=S) groups is 1. The van der Waals surface area contributed by atoms with Crippen molar-refractivity contribution in [2.45, 2.75) is 25.8 Å². The summed E-state index contributed by atoms with van der Waals surface area (Å²) in [5, 5.41) is 5.75. The maximum absolute atomic E-state index is 11.8. The van der Waals surface area contributed by atoms with Crippen LogP contribution in [0.15, 0.2) is 24.3 Å². The molecule has 0 bridgehead atoms. The van der Waals surface area contributed by atoms with Gasteiger partial charge in [-0.05, 0) is 31.9 Å². The molecule has 2 rings (SSSR count). The Morgan fingerprint density at radius 2 is 2.28 bits per heavy atom. The lowest BCUT2D eigenvalue weighted by atomic mass is 10.3. The van der Waals surface area contributed by atoms with Crippen LogP contribution < -0.4 is 15.4 Å². The van der Waals surface area contributed by atoms with Crippen molar-refractivity contribution in [1.82, 2.24) is 5.32 Å². The van der Waals surface area contributed by atoms with Crippen LogP contribution in [0, 0.1) is 0 Å². The average Bonchev–Trinajstić information content (AvgIpc) is 3.14. The summed E-state index contributed by atoms with van der Waals surface area (Å²) in [6, 6.07) is 7.65. The number of ether oxygens (including phenoxy) is 1. The molecule has 0 saturated heterocycles. The highest BCUT2D eigenvalue weighted by Gasteiger charge is 2.24. The van der Waals surface area contributed by atoms with Gasteiger partial charge >= 0.3 is 0 Å². The van der Waals surface area contributed by atoms with Crippen LogP contribution >= 0.6 is 12.2 Å². The van der Waals surface area contributed by atoms with Gasteiger partial charge in [0.15, 0.2) is 4.99 Å². The van der Waals surface area contributed by atoms with E-state index in [1.54, 1.807) is 12.1 Å². The first-order valence-electron chi connectivity index (χ1n) is 6.03. The van der Waals surface area contributed by atoms with E-state index in [0.29, 0.717) is 18.3 Å². The van der Waals surface area contributed by atoms with Crippen LogP contribution in [0.4, 0.5) is 5.69 Å². The lowest BCUT2D eigenvalue weighted by Crippen LogP contribution is -2.35. The zero-order chi connectivity index (χ0) is 13.0. The zero-order valence-electron chi connectivity index (χ0n) is 10.2. The Kier molecular flexibility index (Phi) is 4.15. The number of amides is 1. The second-order valence-electron chi connectivity index (χ2n) is 4.16. The molecule has 0 unspecified atom stereocenters. The van der Waals surface area contributed by atoms with Gasteiger partial charge in [-0.1, -0.05) is 18.3 Å². The van der Waals surface area contributed by atoms with E-state index in [9.17, 15) is 4.79 Å². The summed E-state index contributed by atoms with van der Waals surface area (Å²) in [4.78, 5) is 12.0. The minimum Gasteiger partial charge on any atom is -0.494 e. The summed E-state index contributed by atoms with van der Waals surface area (Å²) in [6.07, 6.45) is 2.18. The van der Waals surface area contributed by atoms with E-state index in [-0.39, 0.29) is 10.9 Å². The Hall–Kier alpha value is -1.62. The van der Waals surface area contributed by atoms with E-state index >= 15 is 0 Å². The zero-order valence-corrected chi connectivity index (χ0v) is 11.0. The summed E-state index contributed by atoms with van der Waals surface area (Å²) in [5.74, 6) is 0.460. The Bertz CT molecular complexity index is 458. The topological polar surface area (TPSA) is 50.4 Å². The normalized spacial score (nSPS) is 13.8. The molecule has 1 fully saturated rings. The number of hydrogen-bond acceptors (Lipinski definition) is 3. The Labute approximate surface area is 112 Å². The van der Waals surface area contributed by atoms with Crippen LogP contribution in [0.1, 0.15) is 19.8 Å². The van der Waals surface area contributed by atoms with E-state index in [1.807, 2.05) is 19.1 Å². The summed E-state index contributed by atoms with van der Waals surface area (Å²) in [5.41, 5.74) is 0.686. The Morgan fingerprint density at radius 3 is 2.94 bits per heavy atom. The molecule has 1 aliphatic rings. The number of carbonyl (C=O) groups excluding carboxylic acids is 1. The Morgan fingerprint density at radius 1 is 1.50 bits per heavy atom. The van der Waals surface area contributed by atoms with E-state index in [0.717, 1.165) is 18.6 Å². The number of anilines is 1. The standard InChI is InChI=1S/C13H16N2O2S/c1-2-17-11-5-3-4-10(8-11)14-12(16)13(18)15-9-6-7-9/h3-5,8-9H,2,6-7H2,1H3,(H,14,16)(H,15,18). The number of carbonyl (C=O) groups is 1. The van der Waals surface area contributed by atoms with Crippen LogP contribution in [0.2, 0.25) is 0 Å². The van der Waals surface area contributed by atoms with Gasteiger partial charge in [0.1, 0.15) is 5.75 Å². The van der Waals surface area contributed by atoms with Crippen molar-refractivity contribution in [3.8, 4) is 5.75 Å². The molecule has 4 nitrogen and oxygen atoms in total. The summed E-state index contributed by atoms with van der Waals surface area (Å²) in [7, 11) is 0. The van der Waals surface area contributed by atoms with Crippen LogP contribution in [0.5, 0.6) is 5.75 Å². The fourth-order valence-corrected chi connectivity index (χ4v) is 1.71. The first-order chi connectivity index (χ1) is 8.69. The van der Waals surface area contributed by atoms with E-state index in [4.69, 9.17) is 17.0 Å². The van der Waals surface area contributed by atoms with E-state index in [2.05, 4.69) is 10.6 Å². The molecule has 0 spiro atoms. The number of nitrogens with one attached hydrogen (secondary N) is 2. The fourth-order valence-electron chi connectivity index (χ4n) is 1.50. The highest BCUT2D eigenvalue weighted by Crippen LogP contribution is 2.19. The molecular weight excluding hydrogens is 248 g/mol. The number of benzene rings is 1. The van der Waals surface area contributed by atoms with Crippen LogP contribution in [-0.4, -0.2) is 23.5 Å². The van der Waals surface area contributed by atoms with Gasteiger partial charge in [-0.3, -0.25) is 4.79 Å². The van der Waals surface area contributed by atoms with Crippen LogP contribution in [-0.2, 0) is 4.79 Å². The number of hydrogen-bond donors (Lipinski definition) is 2. The van der Waals surface area contributed by atoms with Crippen molar-refractivity contribution in [2.24, 2.45) is 0 Å². The van der Waals surface area contributed by atoms with Crippen molar-refractivity contribution in [3.63, 3.8) is 0 Å². The molecule has 0 aromatic heterocycles. The molecule has 1 aromatic carbocycles. The van der Waals surface area contributed by atoms with Gasteiger partial charge in [-0.15, -0.1) is 0 Å². The molecule has 1 amide bonds. The van der Waals surface area contributed by atoms with E-state index < -0.39 is 0 Å². The van der Waals surface area contributed by atoms with Gasteiger partial charge in [-0.25, -0.2) is 0 Å². The summed E-state index contributed by atoms with van der Waals surface area (Å²) < 4.78 is 5.36. The van der Waals surface area contributed by atoms with E-state index in [1.165, 1.54) is 0 Å². The minimum absolute atomic E-state index is 0.249. The van der Waals surface area contributed by atoms with Crippen molar-refractivity contribution in [2.75, 3.05) is 11.9 Å². The molecule has 1 aliphatic carbocycles. The van der Waals surface area contributed by atoms with Crippen LogP contribution in [0.3, 0.4) is 0 Å². The lowest BCUT2D eigenvalue weighted by molar-refractivity contribution is -0.110. The molecule has 2 N–H and O–H groups in total. The number of rotatable bonds is 4. The maximum Gasteiger partial charge on any atom is 0.283 e. The molecule has 0 radical (unpaired) electrons. The fraction of sp³-hybridized carbons (Fsp3) is 0.385. The minimum atomic E-state index is -0.273. The molecule has 5 heteroatoms. The molecule has 0 aliphatic heterocycles. The first kappa shape index (κ1) is 12.8. The first-order valence-corrected chi connectivity index (χ1v) is 6.44. The van der Waals surface area contributed by atoms with Crippen molar-refractivity contribution < 1.29 is 9.53 Å². The molecule has 0 heterocycles. The van der Waals surface area contributed by atoms with Gasteiger partial charge in [-0.2, -0.15) is 0 Å². The monoisotopic (exact) mass is 264 g/mol. The summed E-state index contributed by atoms with van der Waals surface area (Å²) >= 11 is 5.02. The second kappa shape index (κ2) is 5.82. The third-order valence-electron chi connectivity index (χ3n) is 2.52. The van der Waals surface area contributed by atoms with Gasteiger partial charge in [0, 0.05) is 17.8 Å². The third kappa shape index (κ3) is 3.70. The predicted octanol–water partition coefficient (Wildman–Crippen LogP) is 2.10. The smallest absolute Gasteiger partial charge is 0.283 e. The molecule has 0 atom stereocenters. The van der Waals surface area contributed by atoms with Gasteiger partial charge in [0.2, 0.25) is 0 Å². The van der Waals surface area contributed by atoms with Gasteiger partial charge in [0.25, 0.3) is 5.91 Å². The van der Waals surface area contributed by atoms with Crippen LogP contribution in [0.25, 0.3) is 0 Å². The van der Waals surface area contributed by atoms with Crippen molar-refractivity contribution in [3.05, 3.63) is 24.3 Å². The highest BCUT2D eigenvalue weighted by molar-refractivity contribution is 7.82. The quantitative estimate of drug-likeness (QED) is 0.818. The molecule has 1 aromatic rings. The largest absolute Gasteiger partial charge is 0.494 e. The highest BCUT2D eigenvalue weighted by atomic mass is 32.1. The average molecular weight is 264 g/mol. The molecule has 96 valence electrons. The second-order valence-corrected chi connectivity index (χ2v) is 4.57. The third-order valence-corrected chi connectivity index (χ3v) is 2.82. The SMILES string of the molecule is CCOc1cccc(NC(=O)C(=S)NC2CC2)c1. The van der Waals surface area contributed by atoms with Gasteiger partial charge < -0.3 is 15.4 Å².